The lowest BCUT2D eigenvalue weighted by molar-refractivity contribution is 0.0628. The van der Waals surface area contributed by atoms with E-state index in [1.54, 1.807) is 0 Å². The maximum absolute atomic E-state index is 13.1. The van der Waals surface area contributed by atoms with Gasteiger partial charge in [-0.15, -0.1) is 0 Å². The number of piperazine rings is 1. The van der Waals surface area contributed by atoms with E-state index in [1.165, 1.54) is 0 Å². The third-order valence-electron chi connectivity index (χ3n) is 5.81. The Bertz CT molecular complexity index is 1090. The van der Waals surface area contributed by atoms with E-state index < -0.39 is 0 Å². The molecule has 7 heteroatoms. The van der Waals surface area contributed by atoms with Crippen molar-refractivity contribution in [1.29, 1.82) is 0 Å². The lowest BCUT2D eigenvalue weighted by Crippen LogP contribution is -2.48. The third kappa shape index (κ3) is 5.03. The molecule has 0 spiro atoms. The molecule has 4 rings (SSSR count). The predicted octanol–water partition coefficient (Wildman–Crippen LogP) is 4.92. The average Bonchev–Trinajstić information content (AvgIpc) is 3.02. The quantitative estimate of drug-likeness (QED) is 0.498. The van der Waals surface area contributed by atoms with Crippen LogP contribution in [0.25, 0.3) is 0 Å². The summed E-state index contributed by atoms with van der Waals surface area (Å²) < 4.78 is 3.01. The summed E-state index contributed by atoms with van der Waals surface area (Å²) >= 11 is 9.87. The van der Waals surface area contributed by atoms with Gasteiger partial charge in [0.1, 0.15) is 0 Å². The second kappa shape index (κ2) is 9.55. The zero-order chi connectivity index (χ0) is 22.0. The van der Waals surface area contributed by atoms with Crippen LogP contribution in [0.15, 0.2) is 53.0 Å². The Morgan fingerprint density at radius 1 is 1.03 bits per heavy atom. The van der Waals surface area contributed by atoms with E-state index in [0.717, 1.165) is 70.3 Å². The molecule has 1 fully saturated rings. The van der Waals surface area contributed by atoms with Gasteiger partial charge in [0.15, 0.2) is 0 Å². The summed E-state index contributed by atoms with van der Waals surface area (Å²) in [6.07, 6.45) is 0. The highest BCUT2D eigenvalue weighted by molar-refractivity contribution is 9.10. The van der Waals surface area contributed by atoms with E-state index in [0.29, 0.717) is 6.54 Å². The zero-order valence-corrected chi connectivity index (χ0v) is 20.2. The van der Waals surface area contributed by atoms with Gasteiger partial charge in [-0.1, -0.05) is 41.9 Å². The van der Waals surface area contributed by atoms with Crippen LogP contribution in [-0.2, 0) is 13.1 Å². The van der Waals surface area contributed by atoms with Gasteiger partial charge in [-0.05, 0) is 59.1 Å². The van der Waals surface area contributed by atoms with Crippen molar-refractivity contribution >= 4 is 33.4 Å². The molecule has 31 heavy (non-hydrogen) atoms. The van der Waals surface area contributed by atoms with Gasteiger partial charge in [0.05, 0.1) is 22.4 Å². The highest BCUT2D eigenvalue weighted by Gasteiger charge is 2.23. The Morgan fingerprint density at radius 2 is 1.77 bits per heavy atom. The van der Waals surface area contributed by atoms with Crippen molar-refractivity contribution < 1.29 is 4.79 Å². The molecule has 0 radical (unpaired) electrons. The number of rotatable bonds is 5. The smallest absolute Gasteiger partial charge is 0.253 e. The second-order valence-corrected chi connectivity index (χ2v) is 9.20. The maximum atomic E-state index is 13.1. The first-order valence-corrected chi connectivity index (χ1v) is 11.6. The van der Waals surface area contributed by atoms with Crippen molar-refractivity contribution in [3.05, 3.63) is 86.1 Å². The van der Waals surface area contributed by atoms with Crippen LogP contribution in [0, 0.1) is 13.8 Å². The standard InChI is InChI=1S/C24H26BrClN4O/c1-17-23(25)18(2)30(27-17)15-19-6-5-8-20(14-19)24(31)29-12-10-28(11-13-29)16-21-7-3-4-9-22(21)26/h3-9,14H,10-13,15-16H2,1-2H3. The van der Waals surface area contributed by atoms with E-state index in [2.05, 4.69) is 32.0 Å². The summed E-state index contributed by atoms with van der Waals surface area (Å²) in [5, 5.41) is 5.38. The first kappa shape index (κ1) is 22.1. The van der Waals surface area contributed by atoms with Crippen molar-refractivity contribution in [2.75, 3.05) is 26.2 Å². The van der Waals surface area contributed by atoms with Gasteiger partial charge < -0.3 is 4.90 Å². The van der Waals surface area contributed by atoms with Crippen LogP contribution in [0.2, 0.25) is 5.02 Å². The van der Waals surface area contributed by atoms with Crippen LogP contribution in [0.4, 0.5) is 0 Å². The predicted molar refractivity (Wildman–Crippen MR) is 128 cm³/mol. The Hall–Kier alpha value is -2.15. The summed E-state index contributed by atoms with van der Waals surface area (Å²) in [5.74, 6) is 0.0915. The number of hydrogen-bond donors (Lipinski definition) is 0. The van der Waals surface area contributed by atoms with E-state index in [9.17, 15) is 4.79 Å². The highest BCUT2D eigenvalue weighted by atomic mass is 79.9. The van der Waals surface area contributed by atoms with Gasteiger partial charge >= 0.3 is 0 Å². The number of hydrogen-bond acceptors (Lipinski definition) is 3. The first-order valence-electron chi connectivity index (χ1n) is 10.5. The summed E-state index contributed by atoms with van der Waals surface area (Å²) in [5.41, 5.74) is 5.00. The number of carbonyl (C=O) groups excluding carboxylic acids is 1. The van der Waals surface area contributed by atoms with Crippen molar-refractivity contribution in [3.8, 4) is 0 Å². The maximum Gasteiger partial charge on any atom is 0.253 e. The van der Waals surface area contributed by atoms with E-state index in [1.807, 2.05) is 65.9 Å². The second-order valence-electron chi connectivity index (χ2n) is 8.00. The molecule has 1 aliphatic heterocycles. The summed E-state index contributed by atoms with van der Waals surface area (Å²) in [7, 11) is 0. The van der Waals surface area contributed by atoms with Crippen LogP contribution in [0.3, 0.4) is 0 Å². The van der Waals surface area contributed by atoms with Gasteiger partial charge in [-0.2, -0.15) is 5.10 Å². The van der Waals surface area contributed by atoms with Crippen LogP contribution in [-0.4, -0.2) is 51.7 Å². The van der Waals surface area contributed by atoms with Crippen molar-refractivity contribution in [2.24, 2.45) is 0 Å². The van der Waals surface area contributed by atoms with Crippen molar-refractivity contribution in [3.63, 3.8) is 0 Å². The van der Waals surface area contributed by atoms with Gasteiger partial charge in [0.2, 0.25) is 0 Å². The lowest BCUT2D eigenvalue weighted by Gasteiger charge is -2.35. The van der Waals surface area contributed by atoms with Gasteiger partial charge in [0.25, 0.3) is 5.91 Å². The number of aryl methyl sites for hydroxylation is 1. The summed E-state index contributed by atoms with van der Waals surface area (Å²) in [4.78, 5) is 17.4. The number of amides is 1. The van der Waals surface area contributed by atoms with Crippen molar-refractivity contribution in [1.82, 2.24) is 19.6 Å². The minimum absolute atomic E-state index is 0.0915. The topological polar surface area (TPSA) is 41.4 Å². The molecule has 0 atom stereocenters. The largest absolute Gasteiger partial charge is 0.336 e. The fraction of sp³-hybridized carbons (Fsp3) is 0.333. The van der Waals surface area contributed by atoms with E-state index >= 15 is 0 Å². The Kier molecular flexibility index (Phi) is 6.80. The molecular weight excluding hydrogens is 476 g/mol. The molecule has 0 saturated carbocycles. The molecule has 1 saturated heterocycles. The van der Waals surface area contributed by atoms with Gasteiger partial charge in [-0.25, -0.2) is 0 Å². The molecule has 1 aliphatic rings. The van der Waals surface area contributed by atoms with Gasteiger partial charge in [-0.3, -0.25) is 14.4 Å². The Labute approximate surface area is 196 Å². The summed E-state index contributed by atoms with van der Waals surface area (Å²) in [6, 6.07) is 15.8. The van der Waals surface area contributed by atoms with Crippen LogP contribution >= 0.6 is 27.5 Å². The first-order chi connectivity index (χ1) is 14.9. The molecule has 5 nitrogen and oxygen atoms in total. The molecule has 1 aromatic heterocycles. The monoisotopic (exact) mass is 500 g/mol. The Morgan fingerprint density at radius 3 is 2.45 bits per heavy atom. The molecule has 2 heterocycles. The molecule has 3 aromatic rings. The minimum Gasteiger partial charge on any atom is -0.336 e. The highest BCUT2D eigenvalue weighted by Crippen LogP contribution is 2.22. The molecule has 162 valence electrons. The number of nitrogens with zero attached hydrogens (tertiary/aromatic N) is 4. The molecule has 1 amide bonds. The lowest BCUT2D eigenvalue weighted by atomic mass is 10.1. The minimum atomic E-state index is 0.0915. The number of carbonyl (C=O) groups is 1. The normalized spacial score (nSPS) is 14.8. The molecule has 2 aromatic carbocycles. The molecule has 0 bridgehead atoms. The fourth-order valence-corrected chi connectivity index (χ4v) is 4.44. The molecule has 0 aliphatic carbocycles. The van der Waals surface area contributed by atoms with E-state index in [4.69, 9.17) is 11.6 Å². The SMILES string of the molecule is Cc1nn(Cc2cccc(C(=O)N3CCN(Cc4ccccc4Cl)CC3)c2)c(C)c1Br. The number of aromatic nitrogens is 2. The van der Waals surface area contributed by atoms with Crippen LogP contribution < -0.4 is 0 Å². The van der Waals surface area contributed by atoms with Crippen LogP contribution in [0.1, 0.15) is 32.9 Å². The number of halogens is 2. The van der Waals surface area contributed by atoms with E-state index in [-0.39, 0.29) is 5.91 Å². The third-order valence-corrected chi connectivity index (χ3v) is 7.33. The molecular formula is C24H26BrClN4O. The molecule has 0 unspecified atom stereocenters. The summed E-state index contributed by atoms with van der Waals surface area (Å²) in [6.45, 7) is 8.61. The Balaban J connectivity index is 1.38. The zero-order valence-electron chi connectivity index (χ0n) is 17.8. The molecule has 0 N–H and O–H groups in total. The average molecular weight is 502 g/mol. The number of benzene rings is 2. The fourth-order valence-electron chi connectivity index (χ4n) is 3.96. The van der Waals surface area contributed by atoms with Crippen molar-refractivity contribution in [2.45, 2.75) is 26.9 Å². The van der Waals surface area contributed by atoms with Gasteiger partial charge in [0, 0.05) is 43.3 Å². The van der Waals surface area contributed by atoms with Crippen LogP contribution in [0.5, 0.6) is 0 Å².